The first-order valence-corrected chi connectivity index (χ1v) is 5.37. The lowest BCUT2D eigenvalue weighted by atomic mass is 10.1. The summed E-state index contributed by atoms with van der Waals surface area (Å²) in [7, 11) is 0. The topological polar surface area (TPSA) is 52.3 Å². The quantitative estimate of drug-likeness (QED) is 0.607. The zero-order chi connectivity index (χ0) is 12.5. The summed E-state index contributed by atoms with van der Waals surface area (Å²) < 4.78 is 5.24. The Morgan fingerprint density at radius 1 is 1.38 bits per heavy atom. The van der Waals surface area contributed by atoms with Crippen molar-refractivity contribution in [1.82, 2.24) is 0 Å². The van der Waals surface area contributed by atoms with Crippen LogP contribution in [0.2, 0.25) is 5.02 Å². The molecule has 16 heavy (non-hydrogen) atoms. The Hall–Kier alpha value is -1.22. The summed E-state index contributed by atoms with van der Waals surface area (Å²) in [4.78, 5) is 11.8. The fourth-order valence-electron chi connectivity index (χ4n) is 1.26. The van der Waals surface area contributed by atoms with E-state index in [1.807, 2.05) is 0 Å². The maximum absolute atomic E-state index is 11.8. The van der Waals surface area contributed by atoms with Gasteiger partial charge >= 0.3 is 5.97 Å². The largest absolute Gasteiger partial charge is 0.456 e. The maximum Gasteiger partial charge on any atom is 0.340 e. The number of ether oxygens (including phenoxy) is 1. The SMILES string of the molecule is Cc1cc(Cl)cc(C(=O)OC(C)(C)C)c1N. The van der Waals surface area contributed by atoms with Crippen molar-refractivity contribution in [3.05, 3.63) is 28.3 Å². The number of anilines is 1. The van der Waals surface area contributed by atoms with Gasteiger partial charge in [0.2, 0.25) is 0 Å². The van der Waals surface area contributed by atoms with Crippen LogP contribution in [-0.2, 0) is 4.74 Å². The monoisotopic (exact) mass is 241 g/mol. The molecule has 0 amide bonds. The normalized spacial score (nSPS) is 11.3. The smallest absolute Gasteiger partial charge is 0.340 e. The summed E-state index contributed by atoms with van der Waals surface area (Å²) in [6.45, 7) is 7.21. The van der Waals surface area contributed by atoms with E-state index in [-0.39, 0.29) is 0 Å². The molecular formula is C12H16ClNO2. The molecule has 1 rings (SSSR count). The third-order valence-corrected chi connectivity index (χ3v) is 2.19. The zero-order valence-electron chi connectivity index (χ0n) is 9.93. The first-order valence-electron chi connectivity index (χ1n) is 4.99. The highest BCUT2D eigenvalue weighted by Crippen LogP contribution is 2.24. The Bertz CT molecular complexity index is 422. The molecular weight excluding hydrogens is 226 g/mol. The van der Waals surface area contributed by atoms with Gasteiger partial charge in [0.05, 0.1) is 5.56 Å². The molecule has 1 aromatic carbocycles. The van der Waals surface area contributed by atoms with Crippen molar-refractivity contribution in [3.8, 4) is 0 Å². The van der Waals surface area contributed by atoms with E-state index in [1.165, 1.54) is 6.07 Å². The molecule has 2 N–H and O–H groups in total. The van der Waals surface area contributed by atoms with Gasteiger partial charge in [-0.1, -0.05) is 11.6 Å². The molecule has 0 radical (unpaired) electrons. The molecule has 3 nitrogen and oxygen atoms in total. The molecule has 0 aliphatic rings. The second-order valence-corrected chi connectivity index (χ2v) is 5.12. The Morgan fingerprint density at radius 2 is 1.94 bits per heavy atom. The van der Waals surface area contributed by atoms with Crippen LogP contribution in [0.25, 0.3) is 0 Å². The lowest BCUT2D eigenvalue weighted by molar-refractivity contribution is 0.00707. The van der Waals surface area contributed by atoms with E-state index in [0.717, 1.165) is 5.56 Å². The van der Waals surface area contributed by atoms with Crippen molar-refractivity contribution in [1.29, 1.82) is 0 Å². The maximum atomic E-state index is 11.8. The average molecular weight is 242 g/mol. The molecule has 88 valence electrons. The lowest BCUT2D eigenvalue weighted by Crippen LogP contribution is -2.24. The summed E-state index contributed by atoms with van der Waals surface area (Å²) in [5.41, 5.74) is 6.78. The number of hydrogen-bond acceptors (Lipinski definition) is 3. The van der Waals surface area contributed by atoms with Crippen LogP contribution in [0.4, 0.5) is 5.69 Å². The van der Waals surface area contributed by atoms with E-state index in [2.05, 4.69) is 0 Å². The molecule has 0 aromatic heterocycles. The van der Waals surface area contributed by atoms with Crippen LogP contribution in [-0.4, -0.2) is 11.6 Å². The minimum Gasteiger partial charge on any atom is -0.456 e. The molecule has 0 saturated carbocycles. The van der Waals surface area contributed by atoms with Crippen LogP contribution in [0.5, 0.6) is 0 Å². The fourth-order valence-corrected chi connectivity index (χ4v) is 1.53. The van der Waals surface area contributed by atoms with Crippen LogP contribution < -0.4 is 5.73 Å². The zero-order valence-corrected chi connectivity index (χ0v) is 10.7. The van der Waals surface area contributed by atoms with Gasteiger partial charge in [0.15, 0.2) is 0 Å². The second kappa shape index (κ2) is 4.34. The summed E-state index contributed by atoms with van der Waals surface area (Å²) in [5, 5.41) is 0.479. The van der Waals surface area contributed by atoms with Crippen LogP contribution in [0.3, 0.4) is 0 Å². The van der Waals surface area contributed by atoms with Crippen LogP contribution in [0.1, 0.15) is 36.7 Å². The number of hydrogen-bond donors (Lipinski definition) is 1. The molecule has 0 fully saturated rings. The number of benzene rings is 1. The van der Waals surface area contributed by atoms with E-state index < -0.39 is 11.6 Å². The number of halogens is 1. The average Bonchev–Trinajstić information content (AvgIpc) is 2.08. The van der Waals surface area contributed by atoms with Gasteiger partial charge in [-0.05, 0) is 45.4 Å². The minimum atomic E-state index is -0.542. The number of carbonyl (C=O) groups excluding carboxylic acids is 1. The number of carbonyl (C=O) groups is 1. The predicted molar refractivity (Wildman–Crippen MR) is 65.8 cm³/mol. The van der Waals surface area contributed by atoms with Crippen LogP contribution in [0.15, 0.2) is 12.1 Å². The van der Waals surface area contributed by atoms with Crippen molar-refractivity contribution in [3.63, 3.8) is 0 Å². The molecule has 0 unspecified atom stereocenters. The summed E-state index contributed by atoms with van der Waals surface area (Å²) in [5.74, 6) is -0.449. The van der Waals surface area contributed by atoms with E-state index in [4.69, 9.17) is 22.1 Å². The Labute approximate surface area is 101 Å². The lowest BCUT2D eigenvalue weighted by Gasteiger charge is -2.20. The van der Waals surface area contributed by atoms with Crippen LogP contribution in [0, 0.1) is 6.92 Å². The first kappa shape index (κ1) is 12.8. The summed E-state index contributed by atoms with van der Waals surface area (Å²) in [6.07, 6.45) is 0. The molecule has 1 aromatic rings. The van der Waals surface area contributed by atoms with Crippen molar-refractivity contribution < 1.29 is 9.53 Å². The van der Waals surface area contributed by atoms with Gasteiger partial charge in [-0.25, -0.2) is 4.79 Å². The fraction of sp³-hybridized carbons (Fsp3) is 0.417. The molecule has 4 heteroatoms. The standard InChI is InChI=1S/C12H16ClNO2/c1-7-5-8(13)6-9(10(7)14)11(15)16-12(2,3)4/h5-6H,14H2,1-4H3. The van der Waals surface area contributed by atoms with Crippen molar-refractivity contribution >= 4 is 23.3 Å². The van der Waals surface area contributed by atoms with Gasteiger partial charge in [0.1, 0.15) is 5.60 Å². The number of aryl methyl sites for hydroxylation is 1. The molecule has 0 aliphatic heterocycles. The number of esters is 1. The first-order chi connectivity index (χ1) is 7.20. The van der Waals surface area contributed by atoms with Crippen molar-refractivity contribution in [2.24, 2.45) is 0 Å². The Balaban J connectivity index is 3.09. The third-order valence-electron chi connectivity index (χ3n) is 1.97. The molecule has 0 aliphatic carbocycles. The summed E-state index contributed by atoms with van der Waals surface area (Å²) >= 11 is 5.87. The molecule has 0 bridgehead atoms. The predicted octanol–water partition coefficient (Wildman–Crippen LogP) is 3.19. The van der Waals surface area contributed by atoms with Gasteiger partial charge in [-0.2, -0.15) is 0 Å². The van der Waals surface area contributed by atoms with Crippen molar-refractivity contribution in [2.75, 3.05) is 5.73 Å². The number of nitrogen functional groups attached to an aromatic ring is 1. The molecule has 0 saturated heterocycles. The van der Waals surface area contributed by atoms with E-state index >= 15 is 0 Å². The van der Waals surface area contributed by atoms with Gasteiger partial charge < -0.3 is 10.5 Å². The second-order valence-electron chi connectivity index (χ2n) is 4.69. The minimum absolute atomic E-state index is 0.319. The summed E-state index contributed by atoms with van der Waals surface area (Å²) in [6, 6.07) is 3.24. The highest BCUT2D eigenvalue weighted by molar-refractivity contribution is 6.31. The van der Waals surface area contributed by atoms with Gasteiger partial charge in [-0.3, -0.25) is 0 Å². The molecule has 0 spiro atoms. The third kappa shape index (κ3) is 3.14. The highest BCUT2D eigenvalue weighted by Gasteiger charge is 2.20. The molecule has 0 atom stereocenters. The number of rotatable bonds is 1. The van der Waals surface area contributed by atoms with E-state index in [0.29, 0.717) is 16.3 Å². The van der Waals surface area contributed by atoms with E-state index in [1.54, 1.807) is 33.8 Å². The van der Waals surface area contributed by atoms with Crippen molar-refractivity contribution in [2.45, 2.75) is 33.3 Å². The Kier molecular flexibility index (Phi) is 3.48. The van der Waals surface area contributed by atoms with E-state index in [9.17, 15) is 4.79 Å². The van der Waals surface area contributed by atoms with Gasteiger partial charge in [-0.15, -0.1) is 0 Å². The van der Waals surface area contributed by atoms with Gasteiger partial charge in [0.25, 0.3) is 0 Å². The highest BCUT2D eigenvalue weighted by atomic mass is 35.5. The molecule has 0 heterocycles. The number of nitrogens with two attached hydrogens (primary N) is 1. The Morgan fingerprint density at radius 3 is 2.44 bits per heavy atom. The van der Waals surface area contributed by atoms with Gasteiger partial charge in [0, 0.05) is 10.7 Å². The van der Waals surface area contributed by atoms with Crippen LogP contribution >= 0.6 is 11.6 Å².